The van der Waals surface area contributed by atoms with Crippen molar-refractivity contribution in [3.8, 4) is 0 Å². The lowest BCUT2D eigenvalue weighted by Gasteiger charge is -2.43. The monoisotopic (exact) mass is 390 g/mol. The Morgan fingerprint density at radius 3 is 1.85 bits per heavy atom. The highest BCUT2D eigenvalue weighted by atomic mass is 16.7. The fraction of sp³-hybridized carbons (Fsp3) is 0.765. The van der Waals surface area contributed by atoms with Crippen LogP contribution in [0.3, 0.4) is 0 Å². The van der Waals surface area contributed by atoms with Crippen molar-refractivity contribution < 1.29 is 47.6 Å². The van der Waals surface area contributed by atoms with Crippen LogP contribution in [0.1, 0.15) is 40.5 Å². The average Bonchev–Trinajstić information content (AvgIpc) is 2.57. The normalized spacial score (nSPS) is 27.4. The zero-order chi connectivity index (χ0) is 20.6. The maximum atomic E-state index is 12.2. The van der Waals surface area contributed by atoms with Gasteiger partial charge in [-0.25, -0.2) is 4.79 Å². The lowest BCUT2D eigenvalue weighted by Crippen LogP contribution is -2.63. The van der Waals surface area contributed by atoms with Crippen molar-refractivity contribution in [1.82, 2.24) is 0 Å². The summed E-state index contributed by atoms with van der Waals surface area (Å²) >= 11 is 0. The maximum Gasteiger partial charge on any atom is 0.339 e. The van der Waals surface area contributed by atoms with Crippen LogP contribution < -0.4 is 0 Å². The molecule has 0 radical (unpaired) electrons. The van der Waals surface area contributed by atoms with E-state index >= 15 is 0 Å². The van der Waals surface area contributed by atoms with Gasteiger partial charge in [0.05, 0.1) is 7.11 Å². The highest BCUT2D eigenvalue weighted by Crippen LogP contribution is 2.30. The van der Waals surface area contributed by atoms with E-state index in [4.69, 9.17) is 23.7 Å². The Hall–Kier alpha value is -2.20. The lowest BCUT2D eigenvalue weighted by molar-refractivity contribution is -0.301. The first-order valence-electron chi connectivity index (χ1n) is 8.57. The summed E-state index contributed by atoms with van der Waals surface area (Å²) in [4.78, 5) is 46.8. The second-order valence-corrected chi connectivity index (χ2v) is 5.89. The van der Waals surface area contributed by atoms with Gasteiger partial charge in [-0.05, 0) is 6.42 Å². The largest absolute Gasteiger partial charge is 0.467 e. The molecule has 1 fully saturated rings. The molecular formula is C17H26O10. The van der Waals surface area contributed by atoms with Gasteiger partial charge >= 0.3 is 23.9 Å². The third-order valence-corrected chi connectivity index (χ3v) is 3.61. The summed E-state index contributed by atoms with van der Waals surface area (Å²) in [5, 5.41) is 0. The molecule has 0 N–H and O–H groups in total. The van der Waals surface area contributed by atoms with Crippen LogP contribution in [-0.4, -0.2) is 68.3 Å². The molecule has 1 aliphatic heterocycles. The number of hydrogen-bond acceptors (Lipinski definition) is 10. The molecule has 0 saturated carbocycles. The summed E-state index contributed by atoms with van der Waals surface area (Å²) in [7, 11) is 1.13. The molecule has 0 spiro atoms. The summed E-state index contributed by atoms with van der Waals surface area (Å²) in [6.07, 6.45) is -5.08. The van der Waals surface area contributed by atoms with Crippen LogP contribution in [0.5, 0.6) is 0 Å². The molecule has 5 atom stereocenters. The van der Waals surface area contributed by atoms with E-state index in [2.05, 4.69) is 4.74 Å². The second-order valence-electron chi connectivity index (χ2n) is 5.89. The number of ether oxygens (including phenoxy) is 6. The van der Waals surface area contributed by atoms with Crippen molar-refractivity contribution in [2.45, 2.75) is 71.2 Å². The predicted octanol–water partition coefficient (Wildman–Crippen LogP) is 0.496. The van der Waals surface area contributed by atoms with Gasteiger partial charge < -0.3 is 28.4 Å². The number of esters is 4. The van der Waals surface area contributed by atoms with Gasteiger partial charge in [0.15, 0.2) is 30.7 Å². The van der Waals surface area contributed by atoms with Crippen molar-refractivity contribution in [2.24, 2.45) is 0 Å². The Kier molecular flexibility index (Phi) is 9.16. The fourth-order valence-electron chi connectivity index (χ4n) is 2.56. The molecule has 10 nitrogen and oxygen atoms in total. The van der Waals surface area contributed by atoms with E-state index in [1.54, 1.807) is 0 Å². The SMILES string of the molecule is CCCCO[C@@H]1O[C@H](C(=O)OC)[C@@H](OC(C)=O)[C@H](OC(C)=O)[C@H]1OC(C)=O. The van der Waals surface area contributed by atoms with Crippen molar-refractivity contribution in [2.75, 3.05) is 13.7 Å². The smallest absolute Gasteiger partial charge is 0.339 e. The van der Waals surface area contributed by atoms with Crippen LogP contribution in [0, 0.1) is 0 Å². The number of hydrogen-bond donors (Lipinski definition) is 0. The zero-order valence-corrected chi connectivity index (χ0v) is 16.1. The summed E-state index contributed by atoms with van der Waals surface area (Å²) in [5.41, 5.74) is 0. The first-order valence-corrected chi connectivity index (χ1v) is 8.57. The van der Waals surface area contributed by atoms with Crippen LogP contribution in [0.4, 0.5) is 0 Å². The van der Waals surface area contributed by atoms with Gasteiger partial charge in [0.1, 0.15) is 0 Å². The molecule has 0 aromatic carbocycles. The molecule has 1 saturated heterocycles. The van der Waals surface area contributed by atoms with Gasteiger partial charge in [-0.2, -0.15) is 0 Å². The summed E-state index contributed by atoms with van der Waals surface area (Å²) < 4.78 is 31.4. The molecule has 10 heteroatoms. The quantitative estimate of drug-likeness (QED) is 0.329. The van der Waals surface area contributed by atoms with Crippen LogP contribution in [0.2, 0.25) is 0 Å². The third-order valence-electron chi connectivity index (χ3n) is 3.61. The number of methoxy groups -OCH3 is 1. The molecule has 1 heterocycles. The van der Waals surface area contributed by atoms with Crippen LogP contribution >= 0.6 is 0 Å². The van der Waals surface area contributed by atoms with E-state index in [1.807, 2.05) is 6.92 Å². The molecule has 0 bridgehead atoms. The number of unbranched alkanes of at least 4 members (excludes halogenated alkanes) is 1. The molecular weight excluding hydrogens is 364 g/mol. The Balaban J connectivity index is 3.27. The third kappa shape index (κ3) is 6.79. The van der Waals surface area contributed by atoms with Gasteiger partial charge in [-0.1, -0.05) is 13.3 Å². The van der Waals surface area contributed by atoms with Crippen molar-refractivity contribution in [1.29, 1.82) is 0 Å². The Bertz CT molecular complexity index is 546. The first-order chi connectivity index (χ1) is 12.7. The van der Waals surface area contributed by atoms with Gasteiger partial charge in [0.25, 0.3) is 0 Å². The van der Waals surface area contributed by atoms with Crippen molar-refractivity contribution in [3.63, 3.8) is 0 Å². The average molecular weight is 390 g/mol. The van der Waals surface area contributed by atoms with E-state index in [1.165, 1.54) is 0 Å². The number of rotatable bonds is 8. The number of carbonyl (C=O) groups excluding carboxylic acids is 4. The van der Waals surface area contributed by atoms with Crippen LogP contribution in [0.25, 0.3) is 0 Å². The molecule has 1 aliphatic rings. The summed E-state index contributed by atoms with van der Waals surface area (Å²) in [6, 6.07) is 0. The maximum absolute atomic E-state index is 12.2. The molecule has 0 aromatic rings. The molecule has 0 aromatic heterocycles. The minimum Gasteiger partial charge on any atom is -0.467 e. The number of carbonyl (C=O) groups is 4. The molecule has 154 valence electrons. The highest BCUT2D eigenvalue weighted by Gasteiger charge is 2.55. The molecule has 27 heavy (non-hydrogen) atoms. The first kappa shape index (κ1) is 22.8. The minimum atomic E-state index is -1.43. The minimum absolute atomic E-state index is 0.248. The topological polar surface area (TPSA) is 124 Å². The molecule has 0 unspecified atom stereocenters. The van der Waals surface area contributed by atoms with Gasteiger partial charge in [-0.3, -0.25) is 14.4 Å². The van der Waals surface area contributed by atoms with Crippen molar-refractivity contribution >= 4 is 23.9 Å². The van der Waals surface area contributed by atoms with Gasteiger partial charge in [-0.15, -0.1) is 0 Å². The van der Waals surface area contributed by atoms with Gasteiger partial charge in [0.2, 0.25) is 0 Å². The van der Waals surface area contributed by atoms with Crippen LogP contribution in [-0.2, 0) is 47.6 Å². The van der Waals surface area contributed by atoms with Gasteiger partial charge in [0, 0.05) is 27.4 Å². The van der Waals surface area contributed by atoms with E-state index in [-0.39, 0.29) is 6.61 Å². The van der Waals surface area contributed by atoms with E-state index < -0.39 is 54.6 Å². The molecule has 0 aliphatic carbocycles. The molecule has 0 amide bonds. The predicted molar refractivity (Wildman–Crippen MR) is 88.2 cm³/mol. The van der Waals surface area contributed by atoms with E-state index in [0.717, 1.165) is 34.3 Å². The highest BCUT2D eigenvalue weighted by molar-refractivity contribution is 5.77. The Morgan fingerprint density at radius 2 is 1.37 bits per heavy atom. The lowest BCUT2D eigenvalue weighted by atomic mass is 9.97. The van der Waals surface area contributed by atoms with Crippen LogP contribution in [0.15, 0.2) is 0 Å². The Morgan fingerprint density at radius 1 is 0.852 bits per heavy atom. The zero-order valence-electron chi connectivity index (χ0n) is 16.1. The van der Waals surface area contributed by atoms with Crippen molar-refractivity contribution in [3.05, 3.63) is 0 Å². The standard InChI is InChI=1S/C17H26O10/c1-6-7-8-23-17-15(26-11(4)20)13(25-10(3)19)12(24-9(2)18)14(27-17)16(21)22-5/h12-15,17H,6-8H2,1-5H3/t12-,13-,14-,15+,17+/m0/s1. The summed E-state index contributed by atoms with van der Waals surface area (Å²) in [5.74, 6) is -3.03. The Labute approximate surface area is 157 Å². The summed E-state index contributed by atoms with van der Waals surface area (Å²) in [6.45, 7) is 5.60. The van der Waals surface area contributed by atoms with E-state index in [9.17, 15) is 19.2 Å². The second kappa shape index (κ2) is 10.8. The van der Waals surface area contributed by atoms with E-state index in [0.29, 0.717) is 6.42 Å². The molecule has 1 rings (SSSR count). The fourth-order valence-corrected chi connectivity index (χ4v) is 2.56.